The molecule has 172 valence electrons. The Morgan fingerprint density at radius 2 is 1.58 bits per heavy atom. The van der Waals surface area contributed by atoms with Gasteiger partial charge in [0.1, 0.15) is 17.3 Å². The summed E-state index contributed by atoms with van der Waals surface area (Å²) in [5, 5.41) is 0. The molecule has 3 atom stereocenters. The van der Waals surface area contributed by atoms with Crippen LogP contribution in [0.25, 0.3) is 0 Å². The van der Waals surface area contributed by atoms with Crippen LogP contribution in [0, 0.1) is 31.6 Å². The van der Waals surface area contributed by atoms with E-state index in [1.165, 1.54) is 31.9 Å². The number of Topliss-reactive ketones (excluding diaryl/α,β-unsaturated/α-hetero) is 4. The number of hydrogen-bond acceptors (Lipinski definition) is 4. The fourth-order valence-corrected chi connectivity index (χ4v) is 4.89. The van der Waals surface area contributed by atoms with E-state index in [0.717, 1.165) is 43.2 Å². The summed E-state index contributed by atoms with van der Waals surface area (Å²) < 4.78 is 0. The van der Waals surface area contributed by atoms with Crippen LogP contribution in [0.2, 0.25) is 0 Å². The van der Waals surface area contributed by atoms with Gasteiger partial charge in [-0.05, 0) is 82.4 Å². The molecule has 1 aliphatic rings. The van der Waals surface area contributed by atoms with Crippen molar-refractivity contribution in [3.8, 4) is 0 Å². The highest BCUT2D eigenvalue weighted by Gasteiger charge is 2.33. The van der Waals surface area contributed by atoms with Crippen molar-refractivity contribution in [1.82, 2.24) is 0 Å². The predicted molar refractivity (Wildman–Crippen MR) is 126 cm³/mol. The van der Waals surface area contributed by atoms with Crippen molar-refractivity contribution in [3.05, 3.63) is 34.4 Å². The van der Waals surface area contributed by atoms with E-state index < -0.39 is 0 Å². The lowest BCUT2D eigenvalue weighted by Crippen LogP contribution is -2.30. The first-order valence-electron chi connectivity index (χ1n) is 11.6. The van der Waals surface area contributed by atoms with Crippen LogP contribution in [0.3, 0.4) is 0 Å². The number of carbonyl (C=O) groups is 4. The number of aryl methyl sites for hydroxylation is 2. The lowest BCUT2D eigenvalue weighted by molar-refractivity contribution is -0.130. The van der Waals surface area contributed by atoms with E-state index >= 15 is 0 Å². The molecule has 0 amide bonds. The zero-order valence-electron chi connectivity index (χ0n) is 20.5. The summed E-state index contributed by atoms with van der Waals surface area (Å²) in [6.07, 6.45) is 5.21. The van der Waals surface area contributed by atoms with Gasteiger partial charge < -0.3 is 4.79 Å². The number of benzene rings is 1. The van der Waals surface area contributed by atoms with Crippen molar-refractivity contribution in [2.45, 2.75) is 93.4 Å². The molecule has 1 aliphatic carbocycles. The van der Waals surface area contributed by atoms with Crippen molar-refractivity contribution in [2.24, 2.45) is 17.8 Å². The molecule has 31 heavy (non-hydrogen) atoms. The van der Waals surface area contributed by atoms with E-state index in [9.17, 15) is 19.2 Å². The molecule has 0 fully saturated rings. The Hall–Kier alpha value is -2.10. The maximum Gasteiger partial charge on any atom is 0.163 e. The summed E-state index contributed by atoms with van der Waals surface area (Å²) in [6, 6.07) is 4.15. The molecular weight excluding hydrogens is 388 g/mol. The van der Waals surface area contributed by atoms with Gasteiger partial charge in [0.15, 0.2) is 5.78 Å². The average Bonchev–Trinajstić information content (AvgIpc) is 2.64. The quantitative estimate of drug-likeness (QED) is 0.451. The molecule has 0 saturated heterocycles. The molecule has 3 unspecified atom stereocenters. The lowest BCUT2D eigenvalue weighted by atomic mass is 9.71. The maximum atomic E-state index is 12.8. The highest BCUT2D eigenvalue weighted by molar-refractivity contribution is 6.00. The van der Waals surface area contributed by atoms with E-state index in [0.29, 0.717) is 12.3 Å². The van der Waals surface area contributed by atoms with Crippen molar-refractivity contribution >= 4 is 23.1 Å². The van der Waals surface area contributed by atoms with Crippen LogP contribution in [0.4, 0.5) is 0 Å². The molecule has 1 aromatic rings. The summed E-state index contributed by atoms with van der Waals surface area (Å²) in [6.45, 7) is 12.8. The highest BCUT2D eigenvalue weighted by atomic mass is 16.1. The summed E-state index contributed by atoms with van der Waals surface area (Å²) in [4.78, 5) is 46.3. The predicted octanol–water partition coefficient (Wildman–Crippen LogP) is 6.02. The molecule has 0 radical (unpaired) electrons. The van der Waals surface area contributed by atoms with Gasteiger partial charge in [0, 0.05) is 17.9 Å². The third kappa shape index (κ3) is 8.16. The summed E-state index contributed by atoms with van der Waals surface area (Å²) in [7, 11) is 0. The van der Waals surface area contributed by atoms with Gasteiger partial charge in [0.25, 0.3) is 0 Å². The molecule has 4 nitrogen and oxygen atoms in total. The Kier molecular flexibility index (Phi) is 11.0. The Morgan fingerprint density at radius 3 is 2.10 bits per heavy atom. The molecule has 0 saturated carbocycles. The van der Waals surface area contributed by atoms with E-state index in [1.54, 1.807) is 0 Å². The smallest absolute Gasteiger partial charge is 0.163 e. The van der Waals surface area contributed by atoms with Gasteiger partial charge in [-0.15, -0.1) is 0 Å². The Morgan fingerprint density at radius 1 is 1.00 bits per heavy atom. The number of fused-ring (bicyclic) bond motifs is 1. The van der Waals surface area contributed by atoms with Gasteiger partial charge in [-0.3, -0.25) is 14.4 Å². The highest BCUT2D eigenvalue weighted by Crippen LogP contribution is 2.37. The molecule has 4 heteroatoms. The van der Waals surface area contributed by atoms with Crippen molar-refractivity contribution in [3.63, 3.8) is 0 Å². The van der Waals surface area contributed by atoms with Gasteiger partial charge in [0.05, 0.1) is 6.42 Å². The van der Waals surface area contributed by atoms with E-state index in [1.807, 2.05) is 19.9 Å². The third-order valence-corrected chi connectivity index (χ3v) is 6.14. The molecule has 2 rings (SSSR count). The first-order valence-corrected chi connectivity index (χ1v) is 11.6. The minimum absolute atomic E-state index is 0.0451. The van der Waals surface area contributed by atoms with Gasteiger partial charge in [-0.2, -0.15) is 0 Å². The summed E-state index contributed by atoms with van der Waals surface area (Å²) >= 11 is 0. The maximum absolute atomic E-state index is 12.8. The minimum Gasteiger partial charge on any atom is -0.300 e. The van der Waals surface area contributed by atoms with Gasteiger partial charge >= 0.3 is 0 Å². The molecule has 0 aromatic heterocycles. The zero-order chi connectivity index (χ0) is 23.7. The van der Waals surface area contributed by atoms with Crippen molar-refractivity contribution in [1.29, 1.82) is 0 Å². The van der Waals surface area contributed by atoms with Crippen molar-refractivity contribution < 1.29 is 19.2 Å². The largest absolute Gasteiger partial charge is 0.300 e. The Labute approximate surface area is 188 Å². The Balaban J connectivity index is 0.00000110. The topological polar surface area (TPSA) is 68.3 Å². The second-order valence-corrected chi connectivity index (χ2v) is 9.30. The SMILES string of the molecule is CC(C)=O.CCCC(CC1CC(=O)c2c(C)ccc(C)c2C1)C(CC)C(=O)CC(C)=O. The first kappa shape index (κ1) is 26.9. The number of carbonyl (C=O) groups excluding carboxylic acids is 4. The number of hydrogen-bond donors (Lipinski definition) is 0. The summed E-state index contributed by atoms with van der Waals surface area (Å²) in [5.74, 6) is 0.932. The van der Waals surface area contributed by atoms with Crippen LogP contribution in [-0.4, -0.2) is 23.1 Å². The monoisotopic (exact) mass is 428 g/mol. The second-order valence-electron chi connectivity index (χ2n) is 9.30. The van der Waals surface area contributed by atoms with Gasteiger partial charge in [-0.25, -0.2) is 0 Å². The van der Waals surface area contributed by atoms with Gasteiger partial charge in [0.2, 0.25) is 0 Å². The third-order valence-electron chi connectivity index (χ3n) is 6.14. The second kappa shape index (κ2) is 12.7. The molecule has 0 aliphatic heterocycles. The zero-order valence-corrected chi connectivity index (χ0v) is 20.5. The minimum atomic E-state index is -0.0658. The normalized spacial score (nSPS) is 17.1. The van der Waals surface area contributed by atoms with Crippen LogP contribution in [0.1, 0.15) is 100 Å². The fourth-order valence-electron chi connectivity index (χ4n) is 4.89. The Bertz CT molecular complexity index is 802. The molecule has 0 N–H and O–H groups in total. The van der Waals surface area contributed by atoms with Crippen LogP contribution in [-0.2, 0) is 20.8 Å². The summed E-state index contributed by atoms with van der Waals surface area (Å²) in [5.41, 5.74) is 4.40. The molecule has 0 heterocycles. The van der Waals surface area contributed by atoms with Crippen LogP contribution in [0.15, 0.2) is 12.1 Å². The molecular formula is C27H40O4. The molecule has 1 aromatic carbocycles. The first-order chi connectivity index (χ1) is 14.5. The fraction of sp³-hybridized carbons (Fsp3) is 0.630. The van der Waals surface area contributed by atoms with E-state index in [2.05, 4.69) is 19.9 Å². The molecule has 0 spiro atoms. The van der Waals surface area contributed by atoms with Crippen LogP contribution >= 0.6 is 0 Å². The van der Waals surface area contributed by atoms with Crippen LogP contribution in [0.5, 0.6) is 0 Å². The van der Waals surface area contributed by atoms with E-state index in [4.69, 9.17) is 0 Å². The van der Waals surface area contributed by atoms with Gasteiger partial charge in [-0.1, -0.05) is 38.8 Å². The standard InChI is InChI=1S/C24H34O3.C3H6O/c1-6-8-19(20(7-2)22(26)11-17(5)25)12-18-13-21-15(3)9-10-16(4)24(21)23(27)14-18;1-3(2)4/h9-10,18-20H,6-8,11-14H2,1-5H3;1-2H3. The van der Waals surface area contributed by atoms with Crippen molar-refractivity contribution in [2.75, 3.05) is 0 Å². The molecule has 0 bridgehead atoms. The number of ketones is 4. The van der Waals surface area contributed by atoms with E-state index in [-0.39, 0.29) is 41.4 Å². The average molecular weight is 429 g/mol. The number of rotatable bonds is 9. The van der Waals surface area contributed by atoms with Crippen LogP contribution < -0.4 is 0 Å². The lowest BCUT2D eigenvalue weighted by Gasteiger charge is -2.32.